The molecule has 0 saturated carbocycles. The molecule has 0 aliphatic carbocycles. The number of carbonyl (C=O) groups excluding carboxylic acids is 1. The summed E-state index contributed by atoms with van der Waals surface area (Å²) in [5, 5.41) is 20.6. The molecule has 3 atom stereocenters. The van der Waals surface area contributed by atoms with Crippen LogP contribution in [0.5, 0.6) is 5.75 Å². The molecule has 2 aromatic carbocycles. The predicted molar refractivity (Wildman–Crippen MR) is 145 cm³/mol. The van der Waals surface area contributed by atoms with Crippen LogP contribution in [0.15, 0.2) is 48.5 Å². The number of hydrogen-bond acceptors (Lipinski definition) is 5. The zero-order valence-electron chi connectivity index (χ0n) is 22.6. The number of alkyl halides is 5. The summed E-state index contributed by atoms with van der Waals surface area (Å²) in [6, 6.07) is 12.8. The fourth-order valence-electron chi connectivity index (χ4n) is 4.76. The summed E-state index contributed by atoms with van der Waals surface area (Å²) in [4.78, 5) is 14.7. The Labute approximate surface area is 239 Å². The van der Waals surface area contributed by atoms with Crippen LogP contribution in [0, 0.1) is 0 Å². The first-order valence-corrected chi connectivity index (χ1v) is 15.1. The van der Waals surface area contributed by atoms with Crippen molar-refractivity contribution in [2.45, 2.75) is 75.7 Å². The van der Waals surface area contributed by atoms with Gasteiger partial charge in [0.25, 0.3) is 5.91 Å². The predicted octanol–water partition coefficient (Wildman–Crippen LogP) is 6.14. The second-order valence-electron chi connectivity index (χ2n) is 10.2. The van der Waals surface area contributed by atoms with E-state index >= 15 is 0 Å². The number of phenolic OH excluding ortho intramolecular Hbond substituents is 1. The summed E-state index contributed by atoms with van der Waals surface area (Å²) in [5.41, 5.74) is 1.94. The summed E-state index contributed by atoms with van der Waals surface area (Å²) in [7, 11) is -1.43. The van der Waals surface area contributed by atoms with Gasteiger partial charge in [-0.1, -0.05) is 43.5 Å². The second-order valence-corrected chi connectivity index (χ2v) is 11.9. The lowest BCUT2D eigenvalue weighted by Crippen LogP contribution is -2.49. The van der Waals surface area contributed by atoms with E-state index in [0.29, 0.717) is 30.6 Å². The smallest absolute Gasteiger partial charge is 0.453 e. The third-order valence-corrected chi connectivity index (χ3v) is 8.53. The zero-order valence-corrected chi connectivity index (χ0v) is 23.4. The maximum Gasteiger partial charge on any atom is 0.453 e. The lowest BCUT2D eigenvalue weighted by atomic mass is 9.92. The van der Waals surface area contributed by atoms with Crippen LogP contribution >= 0.6 is 0 Å². The third-order valence-electron chi connectivity index (χ3n) is 7.04. The molecule has 0 saturated heterocycles. The number of ether oxygens (including phenoxy) is 1. The van der Waals surface area contributed by atoms with E-state index in [1.54, 1.807) is 12.1 Å². The third kappa shape index (κ3) is 9.47. The Balaban J connectivity index is 1.36. The monoisotopic (exact) mass is 605 g/mol. The lowest BCUT2D eigenvalue weighted by molar-refractivity contribution is -0.284. The Hall–Kier alpha value is -2.57. The number of carbonyl (C=O) groups is 1. The van der Waals surface area contributed by atoms with Crippen LogP contribution < -0.4 is 0 Å². The van der Waals surface area contributed by atoms with Crippen LogP contribution in [0.3, 0.4) is 0 Å². The van der Waals surface area contributed by atoms with Gasteiger partial charge in [-0.05, 0) is 55.5 Å². The molecule has 1 aliphatic heterocycles. The average Bonchev–Trinajstić information content (AvgIpc) is 2.91. The van der Waals surface area contributed by atoms with Gasteiger partial charge in [0.2, 0.25) is 0 Å². The van der Waals surface area contributed by atoms with Crippen LogP contribution in [-0.2, 0) is 22.0 Å². The van der Waals surface area contributed by atoms with Crippen molar-refractivity contribution in [2.24, 2.45) is 0 Å². The number of nitrogens with zero attached hydrogens (tertiary/aromatic N) is 1. The van der Waals surface area contributed by atoms with Crippen LogP contribution in [0.4, 0.5) is 22.0 Å². The van der Waals surface area contributed by atoms with E-state index < -0.39 is 48.0 Å². The summed E-state index contributed by atoms with van der Waals surface area (Å²) < 4.78 is 80.1. The fourth-order valence-corrected chi connectivity index (χ4v) is 5.96. The molecule has 41 heavy (non-hydrogen) atoms. The highest BCUT2D eigenvalue weighted by Gasteiger charge is 2.56. The summed E-state index contributed by atoms with van der Waals surface area (Å²) in [5.74, 6) is -4.99. The van der Waals surface area contributed by atoms with Crippen molar-refractivity contribution >= 4 is 16.7 Å². The first-order chi connectivity index (χ1) is 19.4. The van der Waals surface area contributed by atoms with Gasteiger partial charge in [0.15, 0.2) is 6.23 Å². The molecular weight excluding hydrogens is 569 g/mol. The molecule has 12 heteroatoms. The summed E-state index contributed by atoms with van der Waals surface area (Å²) >= 11 is 0. The average molecular weight is 606 g/mol. The molecule has 228 valence electrons. The van der Waals surface area contributed by atoms with Crippen LogP contribution in [-0.4, -0.2) is 68.1 Å². The van der Waals surface area contributed by atoms with Crippen LogP contribution in [0.1, 0.15) is 72.7 Å². The Morgan fingerprint density at radius 2 is 1.56 bits per heavy atom. The number of aromatic hydroxyl groups is 1. The van der Waals surface area contributed by atoms with Gasteiger partial charge in [-0.15, -0.1) is 0 Å². The SMILES string of the molecule is O=C(c1ccc(O)cc1)N1C(COCCCCCCCS(=O)CCCC(F)(F)C(F)(F)F)Cc2ccccc2C1O. The van der Waals surface area contributed by atoms with Crippen LogP contribution in [0.2, 0.25) is 0 Å². The Morgan fingerprint density at radius 1 is 0.927 bits per heavy atom. The molecule has 1 aliphatic rings. The number of aliphatic hydroxyl groups is 1. The minimum atomic E-state index is -5.58. The van der Waals surface area contributed by atoms with Crippen molar-refractivity contribution in [3.05, 3.63) is 65.2 Å². The molecule has 3 unspecified atom stereocenters. The van der Waals surface area contributed by atoms with E-state index in [4.69, 9.17) is 4.74 Å². The summed E-state index contributed by atoms with van der Waals surface area (Å²) in [6.45, 7) is 0.663. The van der Waals surface area contributed by atoms with Gasteiger partial charge in [-0.3, -0.25) is 9.00 Å². The minimum Gasteiger partial charge on any atom is -0.508 e. The van der Waals surface area contributed by atoms with Crippen molar-refractivity contribution < 1.29 is 45.9 Å². The first kappa shape index (κ1) is 32.9. The van der Waals surface area contributed by atoms with E-state index in [0.717, 1.165) is 31.2 Å². The summed E-state index contributed by atoms with van der Waals surface area (Å²) in [6.07, 6.45) is -4.25. The molecule has 0 bridgehead atoms. The molecule has 1 amide bonds. The highest BCUT2D eigenvalue weighted by molar-refractivity contribution is 7.84. The zero-order chi connectivity index (χ0) is 30.0. The largest absolute Gasteiger partial charge is 0.508 e. The van der Waals surface area contributed by atoms with Crippen molar-refractivity contribution in [1.82, 2.24) is 4.90 Å². The van der Waals surface area contributed by atoms with Crippen LogP contribution in [0.25, 0.3) is 0 Å². The van der Waals surface area contributed by atoms with Gasteiger partial charge in [0, 0.05) is 46.5 Å². The molecule has 2 N–H and O–H groups in total. The van der Waals surface area contributed by atoms with Gasteiger partial charge in [0.05, 0.1) is 12.6 Å². The molecule has 0 spiro atoms. The molecule has 1 heterocycles. The lowest BCUT2D eigenvalue weighted by Gasteiger charge is -2.40. The number of unbranched alkanes of at least 4 members (excludes halogenated alkanes) is 4. The molecule has 6 nitrogen and oxygen atoms in total. The quantitative estimate of drug-likeness (QED) is 0.188. The van der Waals surface area contributed by atoms with Gasteiger partial charge >= 0.3 is 12.1 Å². The minimum absolute atomic E-state index is 0.0337. The Kier molecular flexibility index (Phi) is 12.1. The topological polar surface area (TPSA) is 87.1 Å². The number of benzene rings is 2. The van der Waals surface area contributed by atoms with Gasteiger partial charge in [-0.25, -0.2) is 0 Å². The van der Waals surface area contributed by atoms with E-state index in [2.05, 4.69) is 0 Å². The van der Waals surface area contributed by atoms with E-state index in [1.807, 2.05) is 12.1 Å². The van der Waals surface area contributed by atoms with Crippen molar-refractivity contribution in [1.29, 1.82) is 0 Å². The molecular formula is C29H36F5NO5S. The first-order valence-electron chi connectivity index (χ1n) is 13.7. The van der Waals surface area contributed by atoms with Gasteiger partial charge < -0.3 is 19.8 Å². The van der Waals surface area contributed by atoms with Gasteiger partial charge in [-0.2, -0.15) is 22.0 Å². The molecule has 0 radical (unpaired) electrons. The second kappa shape index (κ2) is 15.1. The number of hydrogen-bond donors (Lipinski definition) is 2. The number of amides is 1. The van der Waals surface area contributed by atoms with E-state index in [1.165, 1.54) is 29.2 Å². The Bertz CT molecular complexity index is 1150. The standard InChI is InChI=1S/C29H36F5NO5S/c30-28(31,29(32,33)34)15-8-18-41(39)17-7-3-1-2-6-16-40-20-23-19-22-9-4-5-10-25(22)27(38)35(23)26(37)21-11-13-24(36)14-12-21/h4-5,9-14,23,27,36,38H,1-3,6-8,15-20H2. The van der Waals surface area contributed by atoms with Crippen molar-refractivity contribution in [2.75, 3.05) is 24.7 Å². The van der Waals surface area contributed by atoms with Crippen molar-refractivity contribution in [3.8, 4) is 5.75 Å². The number of phenols is 1. The molecule has 0 fully saturated rings. The molecule has 0 aromatic heterocycles. The maximum absolute atomic E-state index is 13.3. The normalized spacial score (nSPS) is 18.2. The number of fused-ring (bicyclic) bond motifs is 1. The molecule has 3 rings (SSSR count). The highest BCUT2D eigenvalue weighted by Crippen LogP contribution is 2.39. The highest BCUT2D eigenvalue weighted by atomic mass is 32.2. The Morgan fingerprint density at radius 3 is 2.27 bits per heavy atom. The maximum atomic E-state index is 13.3. The van der Waals surface area contributed by atoms with Gasteiger partial charge in [0.1, 0.15) is 5.75 Å². The van der Waals surface area contributed by atoms with E-state index in [9.17, 15) is 41.2 Å². The molecule has 2 aromatic rings. The fraction of sp³-hybridized carbons (Fsp3) is 0.552. The van der Waals surface area contributed by atoms with E-state index in [-0.39, 0.29) is 29.8 Å². The van der Waals surface area contributed by atoms with Crippen molar-refractivity contribution in [3.63, 3.8) is 0 Å². The number of rotatable bonds is 15. The number of halogens is 5. The number of aliphatic hydroxyl groups excluding tert-OH is 1.